The van der Waals surface area contributed by atoms with Gasteiger partial charge in [-0.25, -0.2) is 9.97 Å². The van der Waals surface area contributed by atoms with Crippen molar-refractivity contribution in [1.82, 2.24) is 9.97 Å². The molecule has 3 nitrogen and oxygen atoms in total. The highest BCUT2D eigenvalue weighted by molar-refractivity contribution is 9.10. The summed E-state index contributed by atoms with van der Waals surface area (Å²) in [5.41, 5.74) is 8.95. The topological polar surface area (TPSA) is 51.8 Å². The summed E-state index contributed by atoms with van der Waals surface area (Å²) < 4.78 is 1.02. The lowest BCUT2D eigenvalue weighted by atomic mass is 10.1. The van der Waals surface area contributed by atoms with Crippen LogP contribution in [0.2, 0.25) is 0 Å². The normalized spacial score (nSPS) is 12.5. The van der Waals surface area contributed by atoms with Crippen LogP contribution < -0.4 is 5.73 Å². The van der Waals surface area contributed by atoms with Gasteiger partial charge in [0.05, 0.1) is 0 Å². The summed E-state index contributed by atoms with van der Waals surface area (Å²) >= 11 is 5.13. The maximum Gasteiger partial charge on any atom is 0.192 e. The molecule has 0 saturated carbocycles. The third-order valence-electron chi connectivity index (χ3n) is 2.64. The third-order valence-corrected chi connectivity index (χ3v) is 4.50. The van der Waals surface area contributed by atoms with Gasteiger partial charge in [-0.05, 0) is 72.2 Å². The zero-order chi connectivity index (χ0) is 14.0. The summed E-state index contributed by atoms with van der Waals surface area (Å²) in [4.78, 5) is 9.96. The number of aromatic nitrogens is 2. The van der Waals surface area contributed by atoms with E-state index in [0.29, 0.717) is 0 Å². The van der Waals surface area contributed by atoms with Crippen molar-refractivity contribution in [3.05, 3.63) is 45.7 Å². The third kappa shape index (κ3) is 3.78. The molecule has 1 aromatic carbocycles. The fraction of sp³-hybridized carbons (Fsp3) is 0.286. The molecular weight excluding hydrogens is 322 g/mol. The summed E-state index contributed by atoms with van der Waals surface area (Å²) in [5, 5.41) is 0.770. The Kier molecular flexibility index (Phi) is 4.60. The van der Waals surface area contributed by atoms with Gasteiger partial charge in [0.1, 0.15) is 0 Å². The van der Waals surface area contributed by atoms with Crippen LogP contribution in [0.1, 0.15) is 29.9 Å². The fourth-order valence-corrected chi connectivity index (χ4v) is 3.23. The Morgan fingerprint density at radius 3 is 2.32 bits per heavy atom. The minimum atomic E-state index is 0.0350. The van der Waals surface area contributed by atoms with E-state index in [1.54, 1.807) is 11.8 Å². The number of hydrogen-bond acceptors (Lipinski definition) is 4. The molecular formula is C14H16BrN3S. The Hall–Kier alpha value is -0.910. The van der Waals surface area contributed by atoms with Gasteiger partial charge in [0.2, 0.25) is 0 Å². The SMILES string of the molecule is Cc1cc(C)nc(Sc2ccc([C@@H](C)N)cc2Br)n1. The first-order valence-electron chi connectivity index (χ1n) is 6.01. The molecule has 2 aromatic rings. The van der Waals surface area contributed by atoms with Crippen molar-refractivity contribution >= 4 is 27.7 Å². The lowest BCUT2D eigenvalue weighted by Gasteiger charge is -2.09. The maximum atomic E-state index is 5.87. The first-order chi connectivity index (χ1) is 8.95. The molecule has 0 fully saturated rings. The van der Waals surface area contributed by atoms with Gasteiger partial charge in [0, 0.05) is 26.8 Å². The van der Waals surface area contributed by atoms with Crippen molar-refractivity contribution in [1.29, 1.82) is 0 Å². The lowest BCUT2D eigenvalue weighted by Crippen LogP contribution is -2.04. The van der Waals surface area contributed by atoms with Crippen LogP contribution in [0.3, 0.4) is 0 Å². The van der Waals surface area contributed by atoms with Crippen molar-refractivity contribution in [3.8, 4) is 0 Å². The number of benzene rings is 1. The summed E-state index contributed by atoms with van der Waals surface area (Å²) in [6.07, 6.45) is 0. The van der Waals surface area contributed by atoms with Crippen molar-refractivity contribution in [2.75, 3.05) is 0 Å². The molecule has 0 saturated heterocycles. The summed E-state index contributed by atoms with van der Waals surface area (Å²) in [6, 6.07) is 8.15. The highest BCUT2D eigenvalue weighted by Gasteiger charge is 2.08. The summed E-state index contributed by atoms with van der Waals surface area (Å²) in [7, 11) is 0. The first kappa shape index (κ1) is 14.5. The van der Waals surface area contributed by atoms with Gasteiger partial charge in [-0.3, -0.25) is 0 Å². The van der Waals surface area contributed by atoms with E-state index >= 15 is 0 Å². The van der Waals surface area contributed by atoms with Crippen LogP contribution >= 0.6 is 27.7 Å². The molecule has 1 aromatic heterocycles. The van der Waals surface area contributed by atoms with Crippen LogP contribution in [0.25, 0.3) is 0 Å². The van der Waals surface area contributed by atoms with Gasteiger partial charge in [-0.1, -0.05) is 6.07 Å². The smallest absolute Gasteiger partial charge is 0.192 e. The molecule has 0 radical (unpaired) electrons. The van der Waals surface area contributed by atoms with Crippen LogP contribution in [-0.2, 0) is 0 Å². The highest BCUT2D eigenvalue weighted by Crippen LogP contribution is 2.33. The van der Waals surface area contributed by atoms with Gasteiger partial charge < -0.3 is 5.73 Å². The average Bonchev–Trinajstić information content (AvgIpc) is 2.30. The van der Waals surface area contributed by atoms with Gasteiger partial charge in [0.25, 0.3) is 0 Å². The van der Waals surface area contributed by atoms with E-state index in [0.717, 1.165) is 31.5 Å². The molecule has 0 aliphatic carbocycles. The second-order valence-corrected chi connectivity index (χ2v) is 6.38. The molecule has 1 heterocycles. The molecule has 19 heavy (non-hydrogen) atoms. The van der Waals surface area contributed by atoms with E-state index in [-0.39, 0.29) is 6.04 Å². The standard InChI is InChI=1S/C14H16BrN3S/c1-8-6-9(2)18-14(17-8)19-13-5-4-11(10(3)16)7-12(13)15/h4-7,10H,16H2,1-3H3/t10-/m1/s1. The number of hydrogen-bond donors (Lipinski definition) is 1. The van der Waals surface area contributed by atoms with E-state index in [1.165, 1.54) is 0 Å². The Balaban J connectivity index is 2.28. The molecule has 2 rings (SSSR count). The largest absolute Gasteiger partial charge is 0.324 e. The van der Waals surface area contributed by atoms with Crippen LogP contribution in [0.5, 0.6) is 0 Å². The van der Waals surface area contributed by atoms with E-state index < -0.39 is 0 Å². The van der Waals surface area contributed by atoms with Crippen molar-refractivity contribution in [2.45, 2.75) is 36.9 Å². The number of rotatable bonds is 3. The average molecular weight is 338 g/mol. The monoisotopic (exact) mass is 337 g/mol. The van der Waals surface area contributed by atoms with Gasteiger partial charge >= 0.3 is 0 Å². The summed E-state index contributed by atoms with van der Waals surface area (Å²) in [6.45, 7) is 5.93. The molecule has 0 aliphatic rings. The number of nitrogens with two attached hydrogens (primary N) is 1. The van der Waals surface area contributed by atoms with Crippen molar-refractivity contribution in [2.24, 2.45) is 5.73 Å². The predicted molar refractivity (Wildman–Crippen MR) is 82.4 cm³/mol. The fourth-order valence-electron chi connectivity index (χ4n) is 1.72. The molecule has 100 valence electrons. The number of aryl methyl sites for hydroxylation is 2. The van der Waals surface area contributed by atoms with E-state index in [4.69, 9.17) is 5.73 Å². The number of halogens is 1. The van der Waals surface area contributed by atoms with Crippen LogP contribution in [0.4, 0.5) is 0 Å². The van der Waals surface area contributed by atoms with Gasteiger partial charge in [-0.15, -0.1) is 0 Å². The Morgan fingerprint density at radius 1 is 1.16 bits per heavy atom. The van der Waals surface area contributed by atoms with Crippen LogP contribution in [-0.4, -0.2) is 9.97 Å². The number of nitrogens with zero attached hydrogens (tertiary/aromatic N) is 2. The Bertz CT molecular complexity index is 579. The second kappa shape index (κ2) is 6.03. The molecule has 0 unspecified atom stereocenters. The van der Waals surface area contributed by atoms with Crippen molar-refractivity contribution < 1.29 is 0 Å². The molecule has 5 heteroatoms. The molecule has 1 atom stereocenters. The van der Waals surface area contributed by atoms with Gasteiger partial charge in [-0.2, -0.15) is 0 Å². The highest BCUT2D eigenvalue weighted by atomic mass is 79.9. The van der Waals surface area contributed by atoms with Gasteiger partial charge in [0.15, 0.2) is 5.16 Å². The predicted octanol–water partition coefficient (Wildman–Crippen LogP) is 4.03. The summed E-state index contributed by atoms with van der Waals surface area (Å²) in [5.74, 6) is 0. The first-order valence-corrected chi connectivity index (χ1v) is 7.62. The lowest BCUT2D eigenvalue weighted by molar-refractivity contribution is 0.815. The Morgan fingerprint density at radius 2 is 1.79 bits per heavy atom. The zero-order valence-corrected chi connectivity index (χ0v) is 13.5. The van der Waals surface area contributed by atoms with Crippen LogP contribution in [0.15, 0.2) is 38.8 Å². The molecule has 0 spiro atoms. The second-order valence-electron chi connectivity index (χ2n) is 4.51. The minimum Gasteiger partial charge on any atom is -0.324 e. The maximum absolute atomic E-state index is 5.87. The van der Waals surface area contributed by atoms with E-state index in [1.807, 2.05) is 32.9 Å². The quantitative estimate of drug-likeness (QED) is 0.859. The zero-order valence-electron chi connectivity index (χ0n) is 11.1. The van der Waals surface area contributed by atoms with Crippen LogP contribution in [0, 0.1) is 13.8 Å². The Labute approximate surface area is 126 Å². The van der Waals surface area contributed by atoms with E-state index in [9.17, 15) is 0 Å². The van der Waals surface area contributed by atoms with Crippen molar-refractivity contribution in [3.63, 3.8) is 0 Å². The van der Waals surface area contributed by atoms with E-state index in [2.05, 4.69) is 38.0 Å². The molecule has 2 N–H and O–H groups in total. The molecule has 0 bridgehead atoms. The minimum absolute atomic E-state index is 0.0350. The molecule has 0 amide bonds. The molecule has 0 aliphatic heterocycles.